The third-order valence-corrected chi connectivity index (χ3v) is 3.48. The van der Waals surface area contributed by atoms with Crippen molar-refractivity contribution in [1.29, 1.82) is 0 Å². The molecule has 1 aromatic heterocycles. The Labute approximate surface area is 124 Å². The second-order valence-electron chi connectivity index (χ2n) is 5.14. The standard InChI is InChI=1S/C16H21N3O2/c1-2-3-4-8-11-19-14(15(16(20)21)17-18-19)12-13-9-6-5-7-10-13/h5-7,9-10H,2-4,8,11-12H2,1H3,(H,20,21). The highest BCUT2D eigenvalue weighted by molar-refractivity contribution is 5.86. The normalized spacial score (nSPS) is 10.7. The number of hydrogen-bond acceptors (Lipinski definition) is 3. The molecule has 5 heteroatoms. The molecule has 0 spiro atoms. The summed E-state index contributed by atoms with van der Waals surface area (Å²) in [6.07, 6.45) is 5.04. The molecule has 0 aliphatic carbocycles. The fraction of sp³-hybridized carbons (Fsp3) is 0.438. The summed E-state index contributed by atoms with van der Waals surface area (Å²) in [5.41, 5.74) is 1.82. The Morgan fingerprint density at radius 1 is 1.19 bits per heavy atom. The zero-order chi connectivity index (χ0) is 15.1. The number of aryl methyl sites for hydroxylation is 1. The summed E-state index contributed by atoms with van der Waals surface area (Å²) in [6.45, 7) is 2.89. The van der Waals surface area contributed by atoms with Gasteiger partial charge in [0.25, 0.3) is 0 Å². The number of hydrogen-bond donors (Lipinski definition) is 1. The Morgan fingerprint density at radius 2 is 1.95 bits per heavy atom. The van der Waals surface area contributed by atoms with Crippen LogP contribution in [0.15, 0.2) is 30.3 Å². The van der Waals surface area contributed by atoms with Gasteiger partial charge in [0.1, 0.15) is 0 Å². The van der Waals surface area contributed by atoms with E-state index in [1.807, 2.05) is 30.3 Å². The smallest absolute Gasteiger partial charge is 0.358 e. The van der Waals surface area contributed by atoms with Gasteiger partial charge in [-0.15, -0.1) is 5.10 Å². The van der Waals surface area contributed by atoms with Gasteiger partial charge in [0.15, 0.2) is 5.69 Å². The second kappa shape index (κ2) is 7.57. The third kappa shape index (κ3) is 4.15. The summed E-state index contributed by atoms with van der Waals surface area (Å²) in [4.78, 5) is 11.3. The number of carboxylic acid groups (broad SMARTS) is 1. The highest BCUT2D eigenvalue weighted by Crippen LogP contribution is 2.14. The van der Waals surface area contributed by atoms with E-state index in [2.05, 4.69) is 17.2 Å². The van der Waals surface area contributed by atoms with Crippen LogP contribution in [0.5, 0.6) is 0 Å². The van der Waals surface area contributed by atoms with E-state index in [4.69, 9.17) is 0 Å². The maximum Gasteiger partial charge on any atom is 0.358 e. The Hall–Kier alpha value is -2.17. The van der Waals surface area contributed by atoms with Crippen LogP contribution in [0.2, 0.25) is 0 Å². The predicted octanol–water partition coefficient (Wildman–Crippen LogP) is 3.15. The Balaban J connectivity index is 2.15. The van der Waals surface area contributed by atoms with Gasteiger partial charge < -0.3 is 5.11 Å². The van der Waals surface area contributed by atoms with Crippen molar-refractivity contribution in [3.05, 3.63) is 47.3 Å². The number of carbonyl (C=O) groups is 1. The molecule has 112 valence electrons. The van der Waals surface area contributed by atoms with E-state index in [1.54, 1.807) is 4.68 Å². The largest absolute Gasteiger partial charge is 0.476 e. The van der Waals surface area contributed by atoms with Gasteiger partial charge in [-0.05, 0) is 12.0 Å². The summed E-state index contributed by atoms with van der Waals surface area (Å²) in [7, 11) is 0. The molecule has 5 nitrogen and oxygen atoms in total. The molecule has 0 saturated carbocycles. The van der Waals surface area contributed by atoms with E-state index in [0.717, 1.165) is 24.9 Å². The lowest BCUT2D eigenvalue weighted by molar-refractivity contribution is 0.0689. The summed E-state index contributed by atoms with van der Waals surface area (Å²) in [6, 6.07) is 9.82. The highest BCUT2D eigenvalue weighted by atomic mass is 16.4. The molecule has 0 fully saturated rings. The van der Waals surface area contributed by atoms with Crippen LogP contribution in [0.1, 0.15) is 54.4 Å². The van der Waals surface area contributed by atoms with Gasteiger partial charge >= 0.3 is 5.97 Å². The SMILES string of the molecule is CCCCCCn1nnc(C(=O)O)c1Cc1ccccc1. The van der Waals surface area contributed by atoms with Crippen LogP contribution in [0.25, 0.3) is 0 Å². The van der Waals surface area contributed by atoms with Crippen LogP contribution in [-0.2, 0) is 13.0 Å². The van der Waals surface area contributed by atoms with Crippen molar-refractivity contribution < 1.29 is 9.90 Å². The average molecular weight is 287 g/mol. The van der Waals surface area contributed by atoms with E-state index in [-0.39, 0.29) is 5.69 Å². The Kier molecular flexibility index (Phi) is 5.49. The molecule has 0 atom stereocenters. The molecule has 0 saturated heterocycles. The molecule has 0 aliphatic heterocycles. The summed E-state index contributed by atoms with van der Waals surface area (Å²) in [5, 5.41) is 17.1. The summed E-state index contributed by atoms with van der Waals surface area (Å²) < 4.78 is 1.74. The molecule has 0 unspecified atom stereocenters. The number of benzene rings is 1. The molecule has 1 aromatic carbocycles. The van der Waals surface area contributed by atoms with Crippen LogP contribution in [0.3, 0.4) is 0 Å². The van der Waals surface area contributed by atoms with Gasteiger partial charge in [0.05, 0.1) is 5.69 Å². The molecule has 0 radical (unpaired) electrons. The van der Waals surface area contributed by atoms with Crippen molar-refractivity contribution in [2.75, 3.05) is 0 Å². The van der Waals surface area contributed by atoms with Crippen LogP contribution < -0.4 is 0 Å². The fourth-order valence-electron chi connectivity index (χ4n) is 2.33. The molecular weight excluding hydrogens is 266 g/mol. The predicted molar refractivity (Wildman–Crippen MR) is 80.4 cm³/mol. The lowest BCUT2D eigenvalue weighted by atomic mass is 10.1. The van der Waals surface area contributed by atoms with Crippen molar-refractivity contribution >= 4 is 5.97 Å². The molecule has 0 amide bonds. The first-order valence-corrected chi connectivity index (χ1v) is 7.42. The first-order chi connectivity index (χ1) is 10.2. The van der Waals surface area contributed by atoms with Crippen molar-refractivity contribution in [3.8, 4) is 0 Å². The third-order valence-electron chi connectivity index (χ3n) is 3.48. The molecule has 1 N–H and O–H groups in total. The molecule has 2 rings (SSSR count). The minimum atomic E-state index is -1.01. The molecule has 0 bridgehead atoms. The highest BCUT2D eigenvalue weighted by Gasteiger charge is 2.18. The molecule has 21 heavy (non-hydrogen) atoms. The first kappa shape index (κ1) is 15.2. The van der Waals surface area contributed by atoms with Crippen LogP contribution in [0.4, 0.5) is 0 Å². The zero-order valence-electron chi connectivity index (χ0n) is 12.3. The lowest BCUT2D eigenvalue weighted by Gasteiger charge is -2.07. The van der Waals surface area contributed by atoms with Crippen molar-refractivity contribution in [2.45, 2.75) is 45.6 Å². The van der Waals surface area contributed by atoms with Crippen LogP contribution in [0, 0.1) is 0 Å². The van der Waals surface area contributed by atoms with E-state index in [1.165, 1.54) is 12.8 Å². The van der Waals surface area contributed by atoms with E-state index in [0.29, 0.717) is 12.1 Å². The molecule has 1 heterocycles. The zero-order valence-corrected chi connectivity index (χ0v) is 12.3. The Bertz CT molecular complexity index is 578. The monoisotopic (exact) mass is 287 g/mol. The van der Waals surface area contributed by atoms with Gasteiger partial charge in [-0.1, -0.05) is 61.7 Å². The molecule has 0 aliphatic rings. The number of aromatic nitrogens is 3. The minimum absolute atomic E-state index is 0.0642. The van der Waals surface area contributed by atoms with Gasteiger partial charge in [-0.25, -0.2) is 9.48 Å². The van der Waals surface area contributed by atoms with E-state index < -0.39 is 5.97 Å². The first-order valence-electron chi connectivity index (χ1n) is 7.42. The maximum absolute atomic E-state index is 11.3. The number of unbranched alkanes of at least 4 members (excludes halogenated alkanes) is 3. The quantitative estimate of drug-likeness (QED) is 0.757. The van der Waals surface area contributed by atoms with Gasteiger partial charge in [0, 0.05) is 13.0 Å². The summed E-state index contributed by atoms with van der Waals surface area (Å²) in [5.74, 6) is -1.01. The van der Waals surface area contributed by atoms with E-state index in [9.17, 15) is 9.90 Å². The van der Waals surface area contributed by atoms with Gasteiger partial charge in [-0.3, -0.25) is 0 Å². The van der Waals surface area contributed by atoms with Crippen molar-refractivity contribution in [1.82, 2.24) is 15.0 Å². The fourth-order valence-corrected chi connectivity index (χ4v) is 2.33. The summed E-state index contributed by atoms with van der Waals surface area (Å²) >= 11 is 0. The van der Waals surface area contributed by atoms with E-state index >= 15 is 0 Å². The van der Waals surface area contributed by atoms with Crippen molar-refractivity contribution in [2.24, 2.45) is 0 Å². The number of nitrogens with zero attached hydrogens (tertiary/aromatic N) is 3. The van der Waals surface area contributed by atoms with Crippen LogP contribution >= 0.6 is 0 Å². The molecular formula is C16H21N3O2. The lowest BCUT2D eigenvalue weighted by Crippen LogP contribution is -2.09. The Morgan fingerprint density at radius 3 is 2.62 bits per heavy atom. The molecule has 2 aromatic rings. The number of rotatable bonds is 8. The topological polar surface area (TPSA) is 68.0 Å². The number of aromatic carboxylic acids is 1. The number of carboxylic acids is 1. The van der Waals surface area contributed by atoms with Crippen molar-refractivity contribution in [3.63, 3.8) is 0 Å². The minimum Gasteiger partial charge on any atom is -0.476 e. The second-order valence-corrected chi connectivity index (χ2v) is 5.14. The van der Waals surface area contributed by atoms with Gasteiger partial charge in [-0.2, -0.15) is 0 Å². The van der Waals surface area contributed by atoms with Crippen LogP contribution in [-0.4, -0.2) is 26.1 Å². The van der Waals surface area contributed by atoms with Gasteiger partial charge in [0.2, 0.25) is 0 Å². The average Bonchev–Trinajstić information content (AvgIpc) is 2.88. The maximum atomic E-state index is 11.3.